The molecule has 0 aliphatic rings. The van der Waals surface area contributed by atoms with Gasteiger partial charge in [-0.2, -0.15) is 5.10 Å². The first-order valence-electron chi connectivity index (χ1n) is 7.00. The molecule has 0 radical (unpaired) electrons. The van der Waals surface area contributed by atoms with Gasteiger partial charge in [-0.15, -0.1) is 0 Å². The van der Waals surface area contributed by atoms with E-state index in [2.05, 4.69) is 15.5 Å². The van der Waals surface area contributed by atoms with Crippen LogP contribution >= 0.6 is 0 Å². The van der Waals surface area contributed by atoms with Crippen molar-refractivity contribution in [3.05, 3.63) is 93.1 Å². The van der Waals surface area contributed by atoms with Crippen molar-refractivity contribution in [2.45, 2.75) is 0 Å². The van der Waals surface area contributed by atoms with Gasteiger partial charge < -0.3 is 0 Å². The maximum Gasteiger partial charge on any atom is 0.334 e. The lowest BCUT2D eigenvalue weighted by Crippen LogP contribution is -2.33. The minimum Gasteiger partial charge on any atom is -0.292 e. The number of rotatable bonds is 4. The third-order valence-electron chi connectivity index (χ3n) is 3.15. The number of aromatic nitrogens is 2. The Bertz CT molecular complexity index is 897. The fraction of sp³-hybridized carbons (Fsp3) is 0. The highest BCUT2D eigenvalue weighted by molar-refractivity contribution is 5.79. The number of hydrazone groups is 1. The van der Waals surface area contributed by atoms with Gasteiger partial charge in [0.2, 0.25) is 0 Å². The molecule has 1 aromatic heterocycles. The first kappa shape index (κ1) is 14.5. The van der Waals surface area contributed by atoms with E-state index >= 15 is 0 Å². The smallest absolute Gasteiger partial charge is 0.292 e. The van der Waals surface area contributed by atoms with Gasteiger partial charge in [0.25, 0.3) is 5.56 Å². The second kappa shape index (κ2) is 6.57. The Hall–Kier alpha value is -3.41. The van der Waals surface area contributed by atoms with Crippen LogP contribution in [-0.4, -0.2) is 15.8 Å². The van der Waals surface area contributed by atoms with Crippen molar-refractivity contribution < 1.29 is 0 Å². The zero-order valence-electron chi connectivity index (χ0n) is 12.1. The van der Waals surface area contributed by atoms with Crippen molar-refractivity contribution >= 4 is 12.0 Å². The summed E-state index contributed by atoms with van der Waals surface area (Å²) in [5.74, 6) is 0.236. The van der Waals surface area contributed by atoms with E-state index in [9.17, 15) is 9.59 Å². The largest absolute Gasteiger partial charge is 0.334 e. The summed E-state index contributed by atoms with van der Waals surface area (Å²) >= 11 is 0. The van der Waals surface area contributed by atoms with Crippen LogP contribution in [0.4, 0.5) is 5.82 Å². The molecule has 3 rings (SSSR count). The molecule has 0 aliphatic heterocycles. The maximum absolute atomic E-state index is 12.1. The molecule has 0 saturated carbocycles. The summed E-state index contributed by atoms with van der Waals surface area (Å²) in [5.41, 5.74) is 3.11. The Morgan fingerprint density at radius 2 is 1.61 bits per heavy atom. The van der Waals surface area contributed by atoms with Crippen LogP contribution in [0.25, 0.3) is 5.69 Å². The van der Waals surface area contributed by atoms with Gasteiger partial charge in [0.05, 0.1) is 11.9 Å². The van der Waals surface area contributed by atoms with Crippen molar-refractivity contribution in [1.82, 2.24) is 9.55 Å². The maximum atomic E-state index is 12.1. The summed E-state index contributed by atoms with van der Waals surface area (Å²) in [6.07, 6.45) is 1.60. The molecule has 3 aromatic rings. The van der Waals surface area contributed by atoms with Crippen LogP contribution in [0.5, 0.6) is 0 Å². The molecule has 0 saturated heterocycles. The van der Waals surface area contributed by atoms with E-state index in [-0.39, 0.29) is 5.82 Å². The van der Waals surface area contributed by atoms with Gasteiger partial charge in [0.15, 0.2) is 0 Å². The predicted molar refractivity (Wildman–Crippen MR) is 90.3 cm³/mol. The van der Waals surface area contributed by atoms with E-state index in [1.807, 2.05) is 36.4 Å². The molecule has 6 nitrogen and oxygen atoms in total. The first-order chi connectivity index (χ1) is 11.2. The molecule has 2 aromatic carbocycles. The summed E-state index contributed by atoms with van der Waals surface area (Å²) in [6, 6.07) is 19.5. The number of nitrogens with one attached hydrogen (secondary N) is 2. The highest BCUT2D eigenvalue weighted by atomic mass is 16.2. The number of hydrogen-bond acceptors (Lipinski definition) is 4. The highest BCUT2D eigenvalue weighted by Crippen LogP contribution is 2.02. The fourth-order valence-corrected chi connectivity index (χ4v) is 2.09. The number of aromatic amines is 1. The molecule has 6 heteroatoms. The molecule has 2 N–H and O–H groups in total. The molecule has 0 atom stereocenters. The summed E-state index contributed by atoms with van der Waals surface area (Å²) in [7, 11) is 0. The normalized spacial score (nSPS) is 10.8. The number of hydrogen-bond donors (Lipinski definition) is 2. The average Bonchev–Trinajstić information content (AvgIpc) is 2.56. The number of para-hydroxylation sites is 1. The lowest BCUT2D eigenvalue weighted by molar-refractivity contribution is 0.876. The Kier molecular flexibility index (Phi) is 4.15. The second-order valence-electron chi connectivity index (χ2n) is 4.78. The van der Waals surface area contributed by atoms with Gasteiger partial charge in [0, 0.05) is 6.07 Å². The lowest BCUT2D eigenvalue weighted by atomic mass is 10.2. The lowest BCUT2D eigenvalue weighted by Gasteiger charge is -2.05. The highest BCUT2D eigenvalue weighted by Gasteiger charge is 2.05. The first-order valence-corrected chi connectivity index (χ1v) is 7.00. The Labute approximate surface area is 131 Å². The number of nitrogens with zero attached hydrogens (tertiary/aromatic N) is 2. The van der Waals surface area contributed by atoms with Gasteiger partial charge in [-0.3, -0.25) is 15.2 Å². The molecule has 0 amide bonds. The van der Waals surface area contributed by atoms with E-state index in [1.54, 1.807) is 30.5 Å². The van der Waals surface area contributed by atoms with Crippen LogP contribution in [-0.2, 0) is 0 Å². The van der Waals surface area contributed by atoms with Crippen molar-refractivity contribution in [2.24, 2.45) is 5.10 Å². The minimum atomic E-state index is -0.527. The quantitative estimate of drug-likeness (QED) is 0.571. The monoisotopic (exact) mass is 306 g/mol. The second-order valence-corrected chi connectivity index (χ2v) is 4.78. The van der Waals surface area contributed by atoms with E-state index in [4.69, 9.17) is 0 Å². The van der Waals surface area contributed by atoms with Crippen LogP contribution in [0.1, 0.15) is 5.56 Å². The molecule has 23 heavy (non-hydrogen) atoms. The summed E-state index contributed by atoms with van der Waals surface area (Å²) < 4.78 is 1.06. The molecule has 0 fully saturated rings. The van der Waals surface area contributed by atoms with Crippen molar-refractivity contribution in [3.8, 4) is 5.69 Å². The molecular weight excluding hydrogens is 292 g/mol. The molecule has 0 spiro atoms. The van der Waals surface area contributed by atoms with Gasteiger partial charge in [-0.1, -0.05) is 48.5 Å². The molecule has 0 bridgehead atoms. The molecule has 0 aliphatic carbocycles. The van der Waals surface area contributed by atoms with Gasteiger partial charge in [-0.05, 0) is 17.7 Å². The van der Waals surface area contributed by atoms with E-state index in [1.165, 1.54) is 6.07 Å². The van der Waals surface area contributed by atoms with Crippen LogP contribution in [0.2, 0.25) is 0 Å². The van der Waals surface area contributed by atoms with Crippen LogP contribution < -0.4 is 16.7 Å². The molecular formula is C17H14N4O2. The Balaban J connectivity index is 1.85. The standard InChI is InChI=1S/C17H14N4O2/c22-16-11-15(20-18-12-13-7-3-1-4-8-13)19-17(23)21(16)14-9-5-2-6-10-14/h1-12,20H,(H,19,23)/b18-12+. The number of H-pyrrole nitrogens is 1. The molecule has 0 unspecified atom stereocenters. The van der Waals surface area contributed by atoms with E-state index in [0.29, 0.717) is 5.69 Å². The topological polar surface area (TPSA) is 79.2 Å². The van der Waals surface area contributed by atoms with E-state index < -0.39 is 11.2 Å². The minimum absolute atomic E-state index is 0.236. The molecule has 1 heterocycles. The summed E-state index contributed by atoms with van der Waals surface area (Å²) in [5, 5.41) is 4.00. The predicted octanol–water partition coefficient (Wildman–Crippen LogP) is 1.97. The van der Waals surface area contributed by atoms with Crippen molar-refractivity contribution in [2.75, 3.05) is 5.43 Å². The van der Waals surface area contributed by atoms with Gasteiger partial charge in [0.1, 0.15) is 5.82 Å². The SMILES string of the molecule is O=c1cc(N/N=C/c2ccccc2)[nH]c(=O)n1-c1ccccc1. The zero-order chi connectivity index (χ0) is 16.1. The third kappa shape index (κ3) is 3.44. The van der Waals surface area contributed by atoms with Crippen LogP contribution in [0, 0.1) is 0 Å². The van der Waals surface area contributed by atoms with E-state index in [0.717, 1.165) is 10.1 Å². The van der Waals surface area contributed by atoms with Crippen molar-refractivity contribution in [3.63, 3.8) is 0 Å². The van der Waals surface area contributed by atoms with Crippen LogP contribution in [0.3, 0.4) is 0 Å². The summed E-state index contributed by atoms with van der Waals surface area (Å²) in [6.45, 7) is 0. The average molecular weight is 306 g/mol. The number of benzene rings is 2. The summed E-state index contributed by atoms with van der Waals surface area (Å²) in [4.78, 5) is 26.8. The Morgan fingerprint density at radius 3 is 2.26 bits per heavy atom. The fourth-order valence-electron chi connectivity index (χ4n) is 2.09. The van der Waals surface area contributed by atoms with Gasteiger partial charge >= 0.3 is 5.69 Å². The number of anilines is 1. The Morgan fingerprint density at radius 1 is 0.957 bits per heavy atom. The van der Waals surface area contributed by atoms with Gasteiger partial charge in [-0.25, -0.2) is 9.36 Å². The van der Waals surface area contributed by atoms with Crippen LogP contribution in [0.15, 0.2) is 81.4 Å². The van der Waals surface area contributed by atoms with Crippen molar-refractivity contribution in [1.29, 1.82) is 0 Å². The third-order valence-corrected chi connectivity index (χ3v) is 3.15. The zero-order valence-corrected chi connectivity index (χ0v) is 12.1. The molecule has 114 valence electrons.